The van der Waals surface area contributed by atoms with Gasteiger partial charge in [-0.25, -0.2) is 4.98 Å². The molecule has 0 atom stereocenters. The smallest absolute Gasteiger partial charge is 0.258 e. The van der Waals surface area contributed by atoms with Gasteiger partial charge in [0.15, 0.2) is 0 Å². The number of thiophene rings is 1. The quantitative estimate of drug-likeness (QED) is 0.743. The van der Waals surface area contributed by atoms with Crippen molar-refractivity contribution in [3.8, 4) is 0 Å². The molecule has 3 rings (SSSR count). The predicted octanol–water partition coefficient (Wildman–Crippen LogP) is 2.70. The molecule has 0 saturated heterocycles. The zero-order valence-corrected chi connectivity index (χ0v) is 12.9. The number of pyridine rings is 1. The molecule has 108 valence electrons. The number of fused-ring (bicyclic) bond motifs is 1. The van der Waals surface area contributed by atoms with Gasteiger partial charge in [0.05, 0.1) is 5.69 Å². The number of aryl methyl sites for hydroxylation is 1. The molecular weight excluding hydrogens is 282 g/mol. The molecule has 5 heteroatoms. The Labute approximate surface area is 127 Å². The van der Waals surface area contributed by atoms with E-state index < -0.39 is 0 Å². The monoisotopic (exact) mass is 299 g/mol. The van der Waals surface area contributed by atoms with E-state index in [1.54, 1.807) is 21.8 Å². The van der Waals surface area contributed by atoms with Crippen LogP contribution in [0.1, 0.15) is 16.1 Å². The Hall–Kier alpha value is -1.98. The maximum atomic E-state index is 12.2. The second-order valence-corrected chi connectivity index (χ2v) is 6.30. The van der Waals surface area contributed by atoms with Crippen molar-refractivity contribution in [1.29, 1.82) is 0 Å². The third-order valence-electron chi connectivity index (χ3n) is 3.30. The molecule has 0 aliphatic heterocycles. The summed E-state index contributed by atoms with van der Waals surface area (Å²) >= 11 is 1.74. The van der Waals surface area contributed by atoms with Crippen molar-refractivity contribution in [3.63, 3.8) is 0 Å². The average Bonchev–Trinajstić information content (AvgIpc) is 2.92. The summed E-state index contributed by atoms with van der Waals surface area (Å²) < 4.78 is 1.60. The topological polar surface area (TPSA) is 37.6 Å². The Morgan fingerprint density at radius 2 is 2.14 bits per heavy atom. The van der Waals surface area contributed by atoms with E-state index >= 15 is 0 Å². The Morgan fingerprint density at radius 3 is 2.90 bits per heavy atom. The summed E-state index contributed by atoms with van der Waals surface area (Å²) in [7, 11) is 2.04. The molecule has 3 heterocycles. The van der Waals surface area contributed by atoms with E-state index in [-0.39, 0.29) is 5.56 Å². The highest BCUT2D eigenvalue weighted by atomic mass is 32.1. The molecule has 21 heavy (non-hydrogen) atoms. The summed E-state index contributed by atoms with van der Waals surface area (Å²) in [4.78, 5) is 20.2. The normalized spacial score (nSPS) is 11.4. The summed E-state index contributed by atoms with van der Waals surface area (Å²) in [6.07, 6.45) is 1.82. The molecule has 4 nitrogen and oxygen atoms in total. The molecule has 0 aliphatic carbocycles. The first-order valence-corrected chi connectivity index (χ1v) is 7.70. The summed E-state index contributed by atoms with van der Waals surface area (Å²) in [5.41, 5.74) is 2.53. The summed E-state index contributed by atoms with van der Waals surface area (Å²) in [6.45, 7) is 3.50. The number of rotatable bonds is 4. The Balaban J connectivity index is 1.84. The molecule has 0 saturated carbocycles. The van der Waals surface area contributed by atoms with Gasteiger partial charge in [-0.2, -0.15) is 0 Å². The zero-order valence-electron chi connectivity index (χ0n) is 12.1. The Morgan fingerprint density at radius 1 is 1.29 bits per heavy atom. The third-order valence-corrected chi connectivity index (χ3v) is 4.16. The molecule has 0 amide bonds. The van der Waals surface area contributed by atoms with E-state index in [9.17, 15) is 4.79 Å². The molecule has 3 aromatic heterocycles. The molecule has 0 unspecified atom stereocenters. The number of aromatic nitrogens is 2. The van der Waals surface area contributed by atoms with Gasteiger partial charge in [0, 0.05) is 30.2 Å². The lowest BCUT2D eigenvalue weighted by Gasteiger charge is -2.15. The van der Waals surface area contributed by atoms with Crippen molar-refractivity contribution in [1.82, 2.24) is 14.3 Å². The van der Waals surface area contributed by atoms with Crippen LogP contribution in [0.15, 0.2) is 46.7 Å². The lowest BCUT2D eigenvalue weighted by atomic mass is 10.3. The Kier molecular flexibility index (Phi) is 3.86. The minimum absolute atomic E-state index is 0.0248. The van der Waals surface area contributed by atoms with Crippen LogP contribution >= 0.6 is 11.3 Å². The van der Waals surface area contributed by atoms with Crippen LogP contribution in [0.3, 0.4) is 0 Å². The maximum Gasteiger partial charge on any atom is 0.258 e. The average molecular weight is 299 g/mol. The minimum Gasteiger partial charge on any atom is -0.295 e. The number of hydrogen-bond donors (Lipinski definition) is 0. The summed E-state index contributed by atoms with van der Waals surface area (Å²) in [6, 6.07) is 9.65. The SMILES string of the molecule is Cc1ccc2nc(CN(C)Cc3cccs3)cc(=O)n2c1. The van der Waals surface area contributed by atoms with Crippen LogP contribution in [0.25, 0.3) is 5.65 Å². The van der Waals surface area contributed by atoms with E-state index in [2.05, 4.69) is 27.4 Å². The third kappa shape index (κ3) is 3.20. The number of nitrogens with zero attached hydrogens (tertiary/aromatic N) is 3. The first kappa shape index (κ1) is 14.0. The maximum absolute atomic E-state index is 12.2. The minimum atomic E-state index is -0.0248. The standard InChI is InChI=1S/C16H17N3OS/c1-12-5-6-15-17-13(8-16(20)19(15)9-12)10-18(2)11-14-4-3-7-21-14/h3-9H,10-11H2,1-2H3. The lowest BCUT2D eigenvalue weighted by Crippen LogP contribution is -2.21. The first-order valence-electron chi connectivity index (χ1n) is 6.82. The largest absolute Gasteiger partial charge is 0.295 e. The molecule has 0 spiro atoms. The first-order chi connectivity index (χ1) is 10.1. The molecule has 0 aromatic carbocycles. The molecule has 0 N–H and O–H groups in total. The molecule has 0 aliphatic rings. The number of hydrogen-bond acceptors (Lipinski definition) is 4. The zero-order chi connectivity index (χ0) is 14.8. The fourth-order valence-corrected chi connectivity index (χ4v) is 3.12. The highest BCUT2D eigenvalue weighted by molar-refractivity contribution is 7.09. The van der Waals surface area contributed by atoms with E-state index in [0.717, 1.165) is 17.8 Å². The van der Waals surface area contributed by atoms with Crippen molar-refractivity contribution in [3.05, 3.63) is 68.4 Å². The van der Waals surface area contributed by atoms with Crippen molar-refractivity contribution in [2.75, 3.05) is 7.05 Å². The van der Waals surface area contributed by atoms with Gasteiger partial charge in [-0.15, -0.1) is 11.3 Å². The van der Waals surface area contributed by atoms with Crippen LogP contribution in [0.4, 0.5) is 0 Å². The highest BCUT2D eigenvalue weighted by Crippen LogP contribution is 2.12. The van der Waals surface area contributed by atoms with E-state index in [1.807, 2.05) is 32.3 Å². The second-order valence-electron chi connectivity index (χ2n) is 5.27. The highest BCUT2D eigenvalue weighted by Gasteiger charge is 2.07. The van der Waals surface area contributed by atoms with Gasteiger partial charge in [0.2, 0.25) is 0 Å². The van der Waals surface area contributed by atoms with Gasteiger partial charge in [0.1, 0.15) is 5.65 Å². The summed E-state index contributed by atoms with van der Waals surface area (Å²) in [5, 5.41) is 2.08. The van der Waals surface area contributed by atoms with Crippen LogP contribution in [0.5, 0.6) is 0 Å². The molecule has 0 bridgehead atoms. The van der Waals surface area contributed by atoms with Crippen LogP contribution < -0.4 is 5.56 Å². The van der Waals surface area contributed by atoms with E-state index in [1.165, 1.54) is 4.88 Å². The second kappa shape index (κ2) is 5.79. The van der Waals surface area contributed by atoms with Crippen molar-refractivity contribution >= 4 is 17.0 Å². The van der Waals surface area contributed by atoms with Gasteiger partial charge >= 0.3 is 0 Å². The molecular formula is C16H17N3OS. The van der Waals surface area contributed by atoms with Gasteiger partial charge in [0.25, 0.3) is 5.56 Å². The Bertz CT molecular complexity index is 808. The lowest BCUT2D eigenvalue weighted by molar-refractivity contribution is 0.318. The summed E-state index contributed by atoms with van der Waals surface area (Å²) in [5.74, 6) is 0. The fraction of sp³-hybridized carbons (Fsp3) is 0.250. The van der Waals surface area contributed by atoms with E-state index in [0.29, 0.717) is 12.2 Å². The van der Waals surface area contributed by atoms with Gasteiger partial charge in [-0.05, 0) is 37.0 Å². The molecule has 0 fully saturated rings. The predicted molar refractivity (Wildman–Crippen MR) is 85.7 cm³/mol. The van der Waals surface area contributed by atoms with Gasteiger partial charge in [-0.3, -0.25) is 14.1 Å². The van der Waals surface area contributed by atoms with Crippen LogP contribution in [-0.2, 0) is 13.1 Å². The van der Waals surface area contributed by atoms with Gasteiger partial charge in [-0.1, -0.05) is 12.1 Å². The van der Waals surface area contributed by atoms with Crippen LogP contribution in [0, 0.1) is 6.92 Å². The van der Waals surface area contributed by atoms with Crippen molar-refractivity contribution in [2.24, 2.45) is 0 Å². The fourth-order valence-electron chi connectivity index (χ4n) is 2.34. The van der Waals surface area contributed by atoms with Crippen molar-refractivity contribution < 1.29 is 0 Å². The molecule has 3 aromatic rings. The van der Waals surface area contributed by atoms with Crippen LogP contribution in [0.2, 0.25) is 0 Å². The van der Waals surface area contributed by atoms with Gasteiger partial charge < -0.3 is 0 Å². The van der Waals surface area contributed by atoms with Crippen molar-refractivity contribution in [2.45, 2.75) is 20.0 Å². The van der Waals surface area contributed by atoms with Crippen LogP contribution in [-0.4, -0.2) is 21.3 Å². The molecule has 0 radical (unpaired) electrons. The van der Waals surface area contributed by atoms with E-state index in [4.69, 9.17) is 0 Å².